The van der Waals surface area contributed by atoms with Gasteiger partial charge in [-0.2, -0.15) is 0 Å². The molecular formula is C23H36N4OS4. The van der Waals surface area contributed by atoms with Crippen LogP contribution in [0.15, 0.2) is 12.1 Å². The summed E-state index contributed by atoms with van der Waals surface area (Å²) in [5.41, 5.74) is 3.25. The molecule has 0 aromatic heterocycles. The van der Waals surface area contributed by atoms with E-state index in [1.807, 2.05) is 0 Å². The minimum Gasteiger partial charge on any atom is -0.507 e. The quantitative estimate of drug-likeness (QED) is 0.571. The SMILES string of the molecule is CCCc1cc(CSC(=S)N2CCN(C)CC2)cc(CSC(=S)N2CCN(C)CC2)c1O. The number of hydrogen-bond acceptors (Lipinski definition) is 7. The zero-order chi connectivity index (χ0) is 23.1. The Labute approximate surface area is 212 Å². The molecular weight excluding hydrogens is 477 g/mol. The van der Waals surface area contributed by atoms with Crippen molar-refractivity contribution in [2.45, 2.75) is 31.3 Å². The van der Waals surface area contributed by atoms with Crippen LogP contribution < -0.4 is 0 Å². The molecule has 0 aliphatic carbocycles. The lowest BCUT2D eigenvalue weighted by Crippen LogP contribution is -2.45. The number of piperazine rings is 2. The molecule has 32 heavy (non-hydrogen) atoms. The summed E-state index contributed by atoms with van der Waals surface area (Å²) in [6.07, 6.45) is 1.89. The molecule has 178 valence electrons. The van der Waals surface area contributed by atoms with Crippen LogP contribution >= 0.6 is 48.0 Å². The summed E-state index contributed by atoms with van der Waals surface area (Å²) in [5, 5.41) is 10.9. The number of phenols is 1. The first-order valence-corrected chi connectivity index (χ1v) is 14.2. The Bertz CT molecular complexity index is 790. The number of rotatable bonds is 6. The minimum absolute atomic E-state index is 0.441. The third-order valence-electron chi connectivity index (χ3n) is 6.08. The summed E-state index contributed by atoms with van der Waals surface area (Å²) in [4.78, 5) is 9.29. The lowest BCUT2D eigenvalue weighted by atomic mass is 10.0. The number of benzene rings is 1. The molecule has 2 aliphatic heterocycles. The number of thiocarbonyl (C=S) groups is 2. The molecule has 0 unspecified atom stereocenters. The molecule has 1 aromatic carbocycles. The van der Waals surface area contributed by atoms with Crippen molar-refractivity contribution >= 4 is 56.6 Å². The van der Waals surface area contributed by atoms with E-state index in [1.165, 1.54) is 5.56 Å². The number of likely N-dealkylation sites (N-methyl/N-ethyl adjacent to an activating group) is 2. The van der Waals surface area contributed by atoms with Crippen molar-refractivity contribution in [2.24, 2.45) is 0 Å². The second-order valence-electron chi connectivity index (χ2n) is 8.70. The van der Waals surface area contributed by atoms with Crippen LogP contribution in [0, 0.1) is 0 Å². The Kier molecular flexibility index (Phi) is 10.4. The second kappa shape index (κ2) is 12.8. The van der Waals surface area contributed by atoms with Gasteiger partial charge in [-0.25, -0.2) is 0 Å². The summed E-state index contributed by atoms with van der Waals surface area (Å²) in [6, 6.07) is 4.30. The zero-order valence-corrected chi connectivity index (χ0v) is 22.8. The zero-order valence-electron chi connectivity index (χ0n) is 19.5. The van der Waals surface area contributed by atoms with E-state index in [0.29, 0.717) is 11.5 Å². The topological polar surface area (TPSA) is 33.2 Å². The molecule has 0 atom stereocenters. The van der Waals surface area contributed by atoms with Crippen LogP contribution in [0.4, 0.5) is 0 Å². The minimum atomic E-state index is 0.441. The Morgan fingerprint density at radius 3 is 1.78 bits per heavy atom. The van der Waals surface area contributed by atoms with E-state index < -0.39 is 0 Å². The van der Waals surface area contributed by atoms with Gasteiger partial charge in [-0.05, 0) is 31.6 Å². The van der Waals surface area contributed by atoms with Gasteiger partial charge in [0.1, 0.15) is 14.4 Å². The van der Waals surface area contributed by atoms with E-state index in [9.17, 15) is 5.11 Å². The average Bonchev–Trinajstić information content (AvgIpc) is 2.79. The van der Waals surface area contributed by atoms with Gasteiger partial charge in [-0.3, -0.25) is 0 Å². The monoisotopic (exact) mass is 512 g/mol. The molecule has 2 fully saturated rings. The van der Waals surface area contributed by atoms with Gasteiger partial charge in [0, 0.05) is 69.4 Å². The molecule has 2 aliphatic rings. The highest BCUT2D eigenvalue weighted by atomic mass is 32.2. The van der Waals surface area contributed by atoms with E-state index in [4.69, 9.17) is 24.4 Å². The van der Waals surface area contributed by atoms with E-state index in [0.717, 1.165) is 90.7 Å². The van der Waals surface area contributed by atoms with E-state index in [1.54, 1.807) is 23.5 Å². The van der Waals surface area contributed by atoms with Crippen LogP contribution in [-0.4, -0.2) is 99.8 Å². The average molecular weight is 513 g/mol. The van der Waals surface area contributed by atoms with Crippen LogP contribution in [0.1, 0.15) is 30.0 Å². The Morgan fingerprint density at radius 1 is 0.812 bits per heavy atom. The molecule has 5 nitrogen and oxygen atoms in total. The maximum atomic E-state index is 10.9. The largest absolute Gasteiger partial charge is 0.507 e. The molecule has 2 saturated heterocycles. The number of aromatic hydroxyl groups is 1. The summed E-state index contributed by atoms with van der Waals surface area (Å²) >= 11 is 14.8. The molecule has 1 N–H and O–H groups in total. The van der Waals surface area contributed by atoms with Gasteiger partial charge in [0.05, 0.1) is 0 Å². The highest BCUT2D eigenvalue weighted by molar-refractivity contribution is 8.22. The molecule has 3 rings (SSSR count). The first-order chi connectivity index (χ1) is 15.4. The predicted molar refractivity (Wildman–Crippen MR) is 148 cm³/mol. The molecule has 0 spiro atoms. The Balaban J connectivity index is 1.61. The number of phenolic OH excluding ortho intramolecular Hbond substituents is 1. The van der Waals surface area contributed by atoms with Crippen LogP contribution in [-0.2, 0) is 17.9 Å². The van der Waals surface area contributed by atoms with Crippen LogP contribution in [0.3, 0.4) is 0 Å². The molecule has 2 heterocycles. The van der Waals surface area contributed by atoms with Crippen LogP contribution in [0.2, 0.25) is 0 Å². The fraction of sp³-hybridized carbons (Fsp3) is 0.652. The number of thioether (sulfide) groups is 2. The fourth-order valence-corrected chi connectivity index (χ4v) is 6.34. The Morgan fingerprint density at radius 2 is 1.28 bits per heavy atom. The lowest BCUT2D eigenvalue weighted by molar-refractivity contribution is 0.220. The lowest BCUT2D eigenvalue weighted by Gasteiger charge is -2.34. The van der Waals surface area contributed by atoms with Gasteiger partial charge in [0.15, 0.2) is 0 Å². The van der Waals surface area contributed by atoms with Crippen molar-refractivity contribution in [3.05, 3.63) is 28.8 Å². The van der Waals surface area contributed by atoms with Crippen molar-refractivity contribution in [3.63, 3.8) is 0 Å². The number of hydrogen-bond donors (Lipinski definition) is 1. The molecule has 0 saturated carbocycles. The van der Waals surface area contributed by atoms with Crippen LogP contribution in [0.25, 0.3) is 0 Å². The van der Waals surface area contributed by atoms with Crippen molar-refractivity contribution in [2.75, 3.05) is 66.5 Å². The normalized spacial score (nSPS) is 18.2. The van der Waals surface area contributed by atoms with Gasteiger partial charge in [-0.1, -0.05) is 73.4 Å². The van der Waals surface area contributed by atoms with Crippen molar-refractivity contribution < 1.29 is 5.11 Å². The number of nitrogens with zero attached hydrogens (tertiary/aromatic N) is 4. The summed E-state index contributed by atoms with van der Waals surface area (Å²) < 4.78 is 1.92. The van der Waals surface area contributed by atoms with E-state index in [-0.39, 0.29) is 0 Å². The molecule has 0 bridgehead atoms. The van der Waals surface area contributed by atoms with Gasteiger partial charge in [0.25, 0.3) is 0 Å². The number of aryl methyl sites for hydroxylation is 1. The first kappa shape index (κ1) is 26.0. The third kappa shape index (κ3) is 7.46. The van der Waals surface area contributed by atoms with Gasteiger partial charge < -0.3 is 24.7 Å². The van der Waals surface area contributed by atoms with E-state index >= 15 is 0 Å². The van der Waals surface area contributed by atoms with Gasteiger partial charge in [0.2, 0.25) is 0 Å². The van der Waals surface area contributed by atoms with E-state index in [2.05, 4.69) is 52.8 Å². The van der Waals surface area contributed by atoms with Gasteiger partial charge >= 0.3 is 0 Å². The highest BCUT2D eigenvalue weighted by Gasteiger charge is 2.19. The maximum Gasteiger partial charge on any atom is 0.136 e. The molecule has 1 aromatic rings. The molecule has 0 amide bonds. The Hall–Kier alpha value is -0.580. The van der Waals surface area contributed by atoms with Crippen LogP contribution in [0.5, 0.6) is 5.75 Å². The molecule has 9 heteroatoms. The summed E-state index contributed by atoms with van der Waals surface area (Å²) in [6.45, 7) is 10.4. The highest BCUT2D eigenvalue weighted by Crippen LogP contribution is 2.32. The second-order valence-corrected chi connectivity index (χ2v) is 11.9. The first-order valence-electron chi connectivity index (χ1n) is 11.4. The smallest absolute Gasteiger partial charge is 0.136 e. The van der Waals surface area contributed by atoms with Crippen molar-refractivity contribution in [1.82, 2.24) is 19.6 Å². The van der Waals surface area contributed by atoms with Gasteiger partial charge in [-0.15, -0.1) is 0 Å². The summed E-state index contributed by atoms with van der Waals surface area (Å²) in [5.74, 6) is 1.98. The van der Waals surface area contributed by atoms with Crippen molar-refractivity contribution in [1.29, 1.82) is 0 Å². The fourth-order valence-electron chi connectivity index (χ4n) is 3.93. The maximum absolute atomic E-state index is 10.9. The standard InChI is InChI=1S/C23H36N4OS4/c1-4-5-19-14-18(16-31-22(29)26-10-6-24(2)7-11-26)15-20(21(19)28)17-32-23(30)27-12-8-25(3)9-13-27/h14-15,28H,4-13,16-17H2,1-3H3. The summed E-state index contributed by atoms with van der Waals surface area (Å²) in [7, 11) is 4.31. The predicted octanol–water partition coefficient (Wildman–Crippen LogP) is 3.88. The van der Waals surface area contributed by atoms with Crippen molar-refractivity contribution in [3.8, 4) is 5.75 Å². The molecule has 0 radical (unpaired) electrons. The third-order valence-corrected chi connectivity index (χ3v) is 9.25.